The maximum absolute atomic E-state index is 12.0. The van der Waals surface area contributed by atoms with Gasteiger partial charge in [-0.15, -0.1) is 0 Å². The highest BCUT2D eigenvalue weighted by Gasteiger charge is 2.15. The van der Waals surface area contributed by atoms with Gasteiger partial charge in [0.25, 0.3) is 5.69 Å². The molecule has 2 rings (SSSR count). The summed E-state index contributed by atoms with van der Waals surface area (Å²) >= 11 is 0. The molecular weight excluding hydrogens is 284 g/mol. The molecule has 6 heteroatoms. The molecule has 0 saturated heterocycles. The first-order valence-corrected chi connectivity index (χ1v) is 6.78. The molecule has 0 aliphatic heterocycles. The van der Waals surface area contributed by atoms with Gasteiger partial charge in [0.1, 0.15) is 0 Å². The molecule has 0 aliphatic rings. The van der Waals surface area contributed by atoms with Gasteiger partial charge in [0.2, 0.25) is 0 Å². The molecular formula is C16H16N2O4. The second-order valence-electron chi connectivity index (χ2n) is 4.90. The number of amides is 1. The average Bonchev–Trinajstić information content (AvgIpc) is 2.47. The van der Waals surface area contributed by atoms with Crippen LogP contribution in [0.1, 0.15) is 34.7 Å². The van der Waals surface area contributed by atoms with Crippen LogP contribution in [0.5, 0.6) is 0 Å². The minimum absolute atomic E-state index is 0.00852. The quantitative estimate of drug-likeness (QED) is 0.533. The van der Waals surface area contributed by atoms with Crippen LogP contribution in [0.4, 0.5) is 5.69 Å². The highest BCUT2D eigenvalue weighted by atomic mass is 16.5. The maximum atomic E-state index is 12.0. The van der Waals surface area contributed by atoms with E-state index in [1.807, 2.05) is 0 Å². The number of carbonyl (C=O) groups excluding carboxylic acids is 2. The van der Waals surface area contributed by atoms with Gasteiger partial charge >= 0.3 is 11.9 Å². The first kappa shape index (κ1) is 15.5. The Morgan fingerprint density at radius 1 is 1.14 bits per heavy atom. The zero-order valence-corrected chi connectivity index (χ0v) is 12.3. The summed E-state index contributed by atoms with van der Waals surface area (Å²) in [6.07, 6.45) is 1.05. The van der Waals surface area contributed by atoms with E-state index in [1.165, 1.54) is 12.3 Å². The lowest BCUT2D eigenvalue weighted by Crippen LogP contribution is -2.36. The number of nitrogens with one attached hydrogen (secondary N) is 1. The van der Waals surface area contributed by atoms with E-state index < -0.39 is 11.9 Å². The fourth-order valence-corrected chi connectivity index (χ4v) is 1.77. The van der Waals surface area contributed by atoms with E-state index in [0.29, 0.717) is 16.0 Å². The maximum Gasteiger partial charge on any atom is 0.338 e. The van der Waals surface area contributed by atoms with Crippen LogP contribution >= 0.6 is 0 Å². The monoisotopic (exact) mass is 300 g/mol. The fourth-order valence-electron chi connectivity index (χ4n) is 1.77. The third kappa shape index (κ3) is 3.82. The molecule has 1 N–H and O–H groups in total. The first-order valence-electron chi connectivity index (χ1n) is 6.78. The van der Waals surface area contributed by atoms with Crippen LogP contribution in [0.2, 0.25) is 0 Å². The van der Waals surface area contributed by atoms with E-state index >= 15 is 0 Å². The van der Waals surface area contributed by atoms with E-state index in [2.05, 4.69) is 5.32 Å². The van der Waals surface area contributed by atoms with Gasteiger partial charge in [0.05, 0.1) is 11.7 Å². The number of rotatable bonds is 4. The Balaban J connectivity index is 2.07. The summed E-state index contributed by atoms with van der Waals surface area (Å²) in [6, 6.07) is 10.8. The number of carbonyl (C=O) groups is 2. The first-order chi connectivity index (χ1) is 10.5. The van der Waals surface area contributed by atoms with Crippen molar-refractivity contribution in [1.29, 1.82) is 0 Å². The number of hydrogen-bond acceptors (Lipinski definition) is 4. The Morgan fingerprint density at radius 2 is 1.82 bits per heavy atom. The van der Waals surface area contributed by atoms with Crippen molar-refractivity contribution >= 4 is 17.6 Å². The molecule has 1 aromatic carbocycles. The van der Waals surface area contributed by atoms with Gasteiger partial charge in [0, 0.05) is 17.8 Å². The number of esters is 1. The molecule has 0 aliphatic carbocycles. The van der Waals surface area contributed by atoms with Crippen LogP contribution < -0.4 is 10.0 Å². The van der Waals surface area contributed by atoms with E-state index in [4.69, 9.17) is 4.74 Å². The van der Waals surface area contributed by atoms with Crippen molar-refractivity contribution in [2.75, 3.05) is 5.32 Å². The molecule has 0 radical (unpaired) electrons. The Morgan fingerprint density at radius 3 is 2.41 bits per heavy atom. The molecule has 0 spiro atoms. The average molecular weight is 300 g/mol. The van der Waals surface area contributed by atoms with Crippen LogP contribution in [-0.4, -0.2) is 18.0 Å². The van der Waals surface area contributed by atoms with Crippen molar-refractivity contribution in [2.45, 2.75) is 20.0 Å². The number of hydrogen-bond donors (Lipinski definition) is 1. The molecule has 0 atom stereocenters. The predicted octanol–water partition coefficient (Wildman–Crippen LogP) is 2.14. The topological polar surface area (TPSA) is 82.3 Å². The lowest BCUT2D eigenvalue weighted by atomic mass is 10.2. The smallest absolute Gasteiger partial charge is 0.338 e. The minimum atomic E-state index is -0.520. The molecule has 2 aromatic rings. The SMILES string of the molecule is CC(C)OC(=O)c1ccc(NC(=O)c2cccc[n+]2[O-])cc1. The third-order valence-electron chi connectivity index (χ3n) is 2.78. The summed E-state index contributed by atoms with van der Waals surface area (Å²) in [4.78, 5) is 23.7. The van der Waals surface area contributed by atoms with Crippen LogP contribution in [0.3, 0.4) is 0 Å². The van der Waals surface area contributed by atoms with E-state index in [1.54, 1.807) is 50.2 Å². The summed E-state index contributed by atoms with van der Waals surface area (Å²) < 4.78 is 5.56. The summed E-state index contributed by atoms with van der Waals surface area (Å²) in [5, 5.41) is 14.1. The summed E-state index contributed by atoms with van der Waals surface area (Å²) in [5.41, 5.74) is 0.867. The Labute approximate surface area is 127 Å². The van der Waals surface area contributed by atoms with Crippen LogP contribution in [0.15, 0.2) is 48.7 Å². The van der Waals surface area contributed by atoms with Crippen LogP contribution in [0.25, 0.3) is 0 Å². The number of ether oxygens (including phenoxy) is 1. The highest BCUT2D eigenvalue weighted by molar-refractivity contribution is 6.02. The van der Waals surface area contributed by atoms with Crippen molar-refractivity contribution in [3.63, 3.8) is 0 Å². The summed E-state index contributed by atoms with van der Waals surface area (Å²) in [6.45, 7) is 3.54. The van der Waals surface area contributed by atoms with Crippen molar-refractivity contribution in [3.05, 3.63) is 65.1 Å². The van der Waals surface area contributed by atoms with Gasteiger partial charge < -0.3 is 15.3 Å². The van der Waals surface area contributed by atoms with E-state index in [9.17, 15) is 14.8 Å². The Bertz CT molecular complexity index is 681. The Hall–Kier alpha value is -2.89. The van der Waals surface area contributed by atoms with E-state index in [-0.39, 0.29) is 11.8 Å². The van der Waals surface area contributed by atoms with Gasteiger partial charge in [-0.2, -0.15) is 4.73 Å². The molecule has 0 bridgehead atoms. The van der Waals surface area contributed by atoms with E-state index in [0.717, 1.165) is 0 Å². The van der Waals surface area contributed by atoms with Crippen molar-refractivity contribution in [2.24, 2.45) is 0 Å². The molecule has 1 amide bonds. The lowest BCUT2D eigenvalue weighted by Gasteiger charge is -2.09. The molecule has 6 nitrogen and oxygen atoms in total. The number of benzene rings is 1. The highest BCUT2D eigenvalue weighted by Crippen LogP contribution is 2.12. The lowest BCUT2D eigenvalue weighted by molar-refractivity contribution is -0.607. The number of anilines is 1. The van der Waals surface area contributed by atoms with Gasteiger partial charge in [-0.3, -0.25) is 4.79 Å². The Kier molecular flexibility index (Phi) is 4.73. The van der Waals surface area contributed by atoms with Crippen molar-refractivity contribution in [3.8, 4) is 0 Å². The molecule has 0 saturated carbocycles. The van der Waals surface area contributed by atoms with Crippen LogP contribution in [-0.2, 0) is 4.74 Å². The zero-order valence-electron chi connectivity index (χ0n) is 12.3. The standard InChI is InChI=1S/C16H16N2O4/c1-11(2)22-16(20)12-6-8-13(9-7-12)17-15(19)14-5-3-4-10-18(14)21/h3-11H,1-2H3,(H,17,19). The molecule has 0 unspecified atom stereocenters. The van der Waals surface area contributed by atoms with Gasteiger partial charge in [-0.25, -0.2) is 4.79 Å². The zero-order chi connectivity index (χ0) is 16.1. The number of nitrogens with zero attached hydrogens (tertiary/aromatic N) is 1. The van der Waals surface area contributed by atoms with Gasteiger partial charge in [0.15, 0.2) is 6.20 Å². The summed E-state index contributed by atoms with van der Waals surface area (Å²) in [7, 11) is 0. The second kappa shape index (κ2) is 6.71. The van der Waals surface area contributed by atoms with Crippen molar-refractivity contribution < 1.29 is 19.1 Å². The molecule has 22 heavy (non-hydrogen) atoms. The second-order valence-corrected chi connectivity index (χ2v) is 4.90. The third-order valence-corrected chi connectivity index (χ3v) is 2.78. The molecule has 1 aromatic heterocycles. The van der Waals surface area contributed by atoms with Crippen molar-refractivity contribution in [1.82, 2.24) is 0 Å². The molecule has 114 valence electrons. The largest absolute Gasteiger partial charge is 0.618 e. The fraction of sp³-hybridized carbons (Fsp3) is 0.188. The van der Waals surface area contributed by atoms with Gasteiger partial charge in [-0.05, 0) is 44.2 Å². The number of aromatic nitrogens is 1. The predicted molar refractivity (Wildman–Crippen MR) is 80.3 cm³/mol. The molecule has 0 fully saturated rings. The molecule has 1 heterocycles. The van der Waals surface area contributed by atoms with Gasteiger partial charge in [-0.1, -0.05) is 0 Å². The van der Waals surface area contributed by atoms with Crippen LogP contribution in [0, 0.1) is 5.21 Å². The number of pyridine rings is 1. The summed E-state index contributed by atoms with van der Waals surface area (Å²) in [5.74, 6) is -0.943. The normalized spacial score (nSPS) is 10.3. The minimum Gasteiger partial charge on any atom is -0.618 e.